The van der Waals surface area contributed by atoms with Crippen molar-refractivity contribution in [1.82, 2.24) is 9.99 Å². The van der Waals surface area contributed by atoms with Crippen LogP contribution in [0.1, 0.15) is 35.5 Å². The minimum absolute atomic E-state index is 0.0748. The van der Waals surface area contributed by atoms with Gasteiger partial charge in [0.2, 0.25) is 6.23 Å². The average Bonchev–Trinajstić information content (AvgIpc) is 3.20. The molecule has 3 heterocycles. The summed E-state index contributed by atoms with van der Waals surface area (Å²) < 4.78 is 11.9. The number of benzene rings is 2. The fourth-order valence-corrected chi connectivity index (χ4v) is 4.04. The van der Waals surface area contributed by atoms with E-state index in [0.717, 1.165) is 17.0 Å². The van der Waals surface area contributed by atoms with E-state index in [-0.39, 0.29) is 11.8 Å². The summed E-state index contributed by atoms with van der Waals surface area (Å²) in [6, 6.07) is 16.4. The van der Waals surface area contributed by atoms with Crippen molar-refractivity contribution >= 4 is 17.3 Å². The largest absolute Gasteiger partial charge is 0.507 e. The van der Waals surface area contributed by atoms with Crippen LogP contribution in [0.5, 0.6) is 17.2 Å². The van der Waals surface area contributed by atoms with Crippen LogP contribution in [0.15, 0.2) is 65.9 Å². The number of methoxy groups -OCH3 is 1. The Morgan fingerprint density at radius 1 is 1.17 bits per heavy atom. The van der Waals surface area contributed by atoms with Crippen LogP contribution in [0.25, 0.3) is 0 Å². The average molecular weight is 408 g/mol. The number of phenols is 1. The van der Waals surface area contributed by atoms with E-state index in [9.17, 15) is 5.11 Å². The van der Waals surface area contributed by atoms with Crippen molar-refractivity contribution in [3.63, 3.8) is 0 Å². The lowest BCUT2D eigenvalue weighted by Gasteiger charge is -2.38. The first kappa shape index (κ1) is 17.8. The van der Waals surface area contributed by atoms with E-state index in [1.807, 2.05) is 41.4 Å². The van der Waals surface area contributed by atoms with Crippen LogP contribution in [0.3, 0.4) is 0 Å². The van der Waals surface area contributed by atoms with Crippen LogP contribution in [-0.4, -0.2) is 27.9 Å². The minimum Gasteiger partial charge on any atom is -0.507 e. The Labute approximate surface area is 173 Å². The highest BCUT2D eigenvalue weighted by molar-refractivity contribution is 6.31. The van der Waals surface area contributed by atoms with Gasteiger partial charge in [-0.1, -0.05) is 29.8 Å². The number of para-hydroxylation sites is 1. The lowest BCUT2D eigenvalue weighted by atomic mass is 9.95. The summed E-state index contributed by atoms with van der Waals surface area (Å²) >= 11 is 6.16. The van der Waals surface area contributed by atoms with Crippen molar-refractivity contribution in [2.75, 3.05) is 7.11 Å². The summed E-state index contributed by atoms with van der Waals surface area (Å²) in [7, 11) is 1.63. The van der Waals surface area contributed by atoms with Crippen LogP contribution in [0.4, 0.5) is 0 Å². The SMILES string of the molecule is COc1cccc2c1OC(c1ccccn1)N1N=C(c3cc(Cl)ccc3O)CC21. The predicted molar refractivity (Wildman–Crippen MR) is 109 cm³/mol. The van der Waals surface area contributed by atoms with Gasteiger partial charge in [-0.2, -0.15) is 5.10 Å². The zero-order valence-electron chi connectivity index (χ0n) is 15.6. The van der Waals surface area contributed by atoms with E-state index in [1.54, 1.807) is 31.5 Å². The summed E-state index contributed by atoms with van der Waals surface area (Å²) in [5, 5.41) is 17.6. The molecule has 2 aliphatic heterocycles. The van der Waals surface area contributed by atoms with Crippen LogP contribution in [0.2, 0.25) is 5.02 Å². The van der Waals surface area contributed by atoms with Gasteiger partial charge in [-0.25, -0.2) is 5.01 Å². The van der Waals surface area contributed by atoms with Gasteiger partial charge in [0.15, 0.2) is 11.5 Å². The van der Waals surface area contributed by atoms with Gasteiger partial charge in [0, 0.05) is 28.8 Å². The van der Waals surface area contributed by atoms with Crippen molar-refractivity contribution in [3.8, 4) is 17.2 Å². The molecule has 0 aliphatic carbocycles. The second-order valence-corrected chi connectivity index (χ2v) is 7.35. The molecule has 1 N–H and O–H groups in total. The molecule has 0 amide bonds. The van der Waals surface area contributed by atoms with Gasteiger partial charge in [-0.05, 0) is 36.4 Å². The zero-order valence-corrected chi connectivity index (χ0v) is 16.4. The number of aromatic hydroxyl groups is 1. The third-order valence-electron chi connectivity index (χ3n) is 5.21. The normalized spacial score (nSPS) is 19.8. The van der Waals surface area contributed by atoms with E-state index in [2.05, 4.69) is 4.98 Å². The molecule has 2 atom stereocenters. The quantitative estimate of drug-likeness (QED) is 0.682. The first-order valence-electron chi connectivity index (χ1n) is 9.25. The molecule has 1 aromatic heterocycles. The summed E-state index contributed by atoms with van der Waals surface area (Å²) in [6.07, 6.45) is 1.82. The van der Waals surface area contributed by atoms with E-state index in [4.69, 9.17) is 26.2 Å². The number of halogens is 1. The molecule has 0 radical (unpaired) electrons. The van der Waals surface area contributed by atoms with Crippen LogP contribution < -0.4 is 9.47 Å². The molecule has 5 rings (SSSR count). The number of hydrogen-bond acceptors (Lipinski definition) is 6. The molecule has 2 aliphatic rings. The number of rotatable bonds is 3. The van der Waals surface area contributed by atoms with Gasteiger partial charge < -0.3 is 14.6 Å². The Morgan fingerprint density at radius 2 is 2.07 bits per heavy atom. The Morgan fingerprint density at radius 3 is 2.86 bits per heavy atom. The standard InChI is InChI=1S/C22H18ClN3O3/c1-28-20-7-4-5-14-18-12-17(15-11-13(23)8-9-19(15)27)25-26(18)22(29-21(14)20)16-6-2-3-10-24-16/h2-11,18,22,27H,12H2,1H3. The molecule has 0 bridgehead atoms. The zero-order chi connectivity index (χ0) is 20.0. The van der Waals surface area contributed by atoms with Crippen LogP contribution >= 0.6 is 11.6 Å². The van der Waals surface area contributed by atoms with E-state index in [1.165, 1.54) is 0 Å². The number of hydrazone groups is 1. The van der Waals surface area contributed by atoms with E-state index in [0.29, 0.717) is 28.5 Å². The van der Waals surface area contributed by atoms with Crippen molar-refractivity contribution in [2.24, 2.45) is 5.10 Å². The molecule has 0 spiro atoms. The lowest BCUT2D eigenvalue weighted by molar-refractivity contribution is -0.0236. The number of pyridine rings is 1. The molecule has 2 unspecified atom stereocenters. The molecule has 146 valence electrons. The summed E-state index contributed by atoms with van der Waals surface area (Å²) in [6.45, 7) is 0. The number of hydrogen-bond donors (Lipinski definition) is 1. The Bertz CT molecular complexity index is 1100. The summed E-state index contributed by atoms with van der Waals surface area (Å²) in [4.78, 5) is 4.47. The van der Waals surface area contributed by atoms with E-state index < -0.39 is 6.23 Å². The lowest BCUT2D eigenvalue weighted by Crippen LogP contribution is -2.34. The maximum Gasteiger partial charge on any atom is 0.230 e. The highest BCUT2D eigenvalue weighted by atomic mass is 35.5. The fourth-order valence-electron chi connectivity index (χ4n) is 3.86. The van der Waals surface area contributed by atoms with Crippen LogP contribution in [-0.2, 0) is 0 Å². The highest BCUT2D eigenvalue weighted by Gasteiger charge is 2.43. The molecule has 0 saturated heterocycles. The fraction of sp³-hybridized carbons (Fsp3) is 0.182. The van der Waals surface area contributed by atoms with Crippen molar-refractivity contribution in [2.45, 2.75) is 18.7 Å². The van der Waals surface area contributed by atoms with Crippen molar-refractivity contribution in [1.29, 1.82) is 0 Å². The molecular formula is C22H18ClN3O3. The number of fused-ring (bicyclic) bond motifs is 3. The third-order valence-corrected chi connectivity index (χ3v) is 5.45. The van der Waals surface area contributed by atoms with Gasteiger partial charge in [0.1, 0.15) is 11.4 Å². The molecule has 7 heteroatoms. The maximum absolute atomic E-state index is 10.4. The highest BCUT2D eigenvalue weighted by Crippen LogP contribution is 2.50. The monoisotopic (exact) mass is 407 g/mol. The number of ether oxygens (including phenoxy) is 2. The predicted octanol–water partition coefficient (Wildman–Crippen LogP) is 4.69. The third kappa shape index (κ3) is 2.96. The first-order chi connectivity index (χ1) is 14.2. The molecule has 0 fully saturated rings. The smallest absolute Gasteiger partial charge is 0.230 e. The van der Waals surface area contributed by atoms with E-state index >= 15 is 0 Å². The number of phenolic OH excluding ortho intramolecular Hbond substituents is 1. The number of aromatic nitrogens is 1. The van der Waals surface area contributed by atoms with Gasteiger partial charge in [0.05, 0.1) is 18.9 Å². The first-order valence-corrected chi connectivity index (χ1v) is 9.62. The van der Waals surface area contributed by atoms with Gasteiger partial charge >= 0.3 is 0 Å². The summed E-state index contributed by atoms with van der Waals surface area (Å²) in [5.74, 6) is 1.51. The molecule has 29 heavy (non-hydrogen) atoms. The molecule has 3 aromatic rings. The molecule has 6 nitrogen and oxygen atoms in total. The molecule has 2 aromatic carbocycles. The number of nitrogens with zero attached hydrogens (tertiary/aromatic N) is 3. The van der Waals surface area contributed by atoms with Gasteiger partial charge in [-0.3, -0.25) is 4.98 Å². The minimum atomic E-state index is -0.510. The maximum atomic E-state index is 10.4. The van der Waals surface area contributed by atoms with Crippen molar-refractivity contribution < 1.29 is 14.6 Å². The topological polar surface area (TPSA) is 67.2 Å². The van der Waals surface area contributed by atoms with Crippen LogP contribution in [0, 0.1) is 0 Å². The van der Waals surface area contributed by atoms with Gasteiger partial charge in [0.25, 0.3) is 0 Å². The Hall–Kier alpha value is -3.25. The second kappa shape index (κ2) is 6.97. The Kier molecular flexibility index (Phi) is 4.28. The summed E-state index contributed by atoms with van der Waals surface area (Å²) in [5.41, 5.74) is 3.09. The molecule has 0 saturated carbocycles. The second-order valence-electron chi connectivity index (χ2n) is 6.91. The molecular weight excluding hydrogens is 390 g/mol. The Balaban J connectivity index is 1.64. The van der Waals surface area contributed by atoms with Crippen molar-refractivity contribution in [3.05, 3.63) is 82.6 Å². The van der Waals surface area contributed by atoms with Gasteiger partial charge in [-0.15, -0.1) is 0 Å².